The van der Waals surface area contributed by atoms with Crippen molar-refractivity contribution in [3.63, 3.8) is 0 Å². The van der Waals surface area contributed by atoms with Gasteiger partial charge in [-0.3, -0.25) is 4.79 Å². The standard InChI is InChI=1S/C16H26N2O/c1-11-7-8-14(13(3)12(11)2)9-10-18(6)15(19)16(4,5)17/h7-8H,9-10,17H2,1-6H3. The second-order valence-electron chi connectivity index (χ2n) is 5.99. The van der Waals surface area contributed by atoms with E-state index in [-0.39, 0.29) is 5.91 Å². The van der Waals surface area contributed by atoms with Crippen molar-refractivity contribution < 1.29 is 4.79 Å². The number of hydrogen-bond acceptors (Lipinski definition) is 2. The highest BCUT2D eigenvalue weighted by molar-refractivity contribution is 5.84. The number of rotatable bonds is 4. The highest BCUT2D eigenvalue weighted by Crippen LogP contribution is 2.18. The third-order valence-electron chi connectivity index (χ3n) is 3.78. The van der Waals surface area contributed by atoms with Crippen molar-refractivity contribution in [2.24, 2.45) is 5.73 Å². The van der Waals surface area contributed by atoms with Crippen molar-refractivity contribution in [1.82, 2.24) is 4.90 Å². The molecule has 0 aliphatic rings. The first kappa shape index (κ1) is 15.7. The van der Waals surface area contributed by atoms with Crippen molar-refractivity contribution in [1.29, 1.82) is 0 Å². The third-order valence-corrected chi connectivity index (χ3v) is 3.78. The van der Waals surface area contributed by atoms with Crippen molar-refractivity contribution in [2.75, 3.05) is 13.6 Å². The molecule has 1 amide bonds. The molecular formula is C16H26N2O. The largest absolute Gasteiger partial charge is 0.344 e. The average Bonchev–Trinajstić information content (AvgIpc) is 2.32. The summed E-state index contributed by atoms with van der Waals surface area (Å²) >= 11 is 0. The van der Waals surface area contributed by atoms with Crippen molar-refractivity contribution in [3.8, 4) is 0 Å². The van der Waals surface area contributed by atoms with E-state index in [2.05, 4.69) is 32.9 Å². The minimum atomic E-state index is -0.799. The lowest BCUT2D eigenvalue weighted by atomic mass is 9.96. The van der Waals surface area contributed by atoms with E-state index in [4.69, 9.17) is 5.73 Å². The van der Waals surface area contributed by atoms with Gasteiger partial charge in [0.1, 0.15) is 0 Å². The van der Waals surface area contributed by atoms with E-state index in [9.17, 15) is 4.79 Å². The number of nitrogens with zero attached hydrogens (tertiary/aromatic N) is 1. The Kier molecular flexibility index (Phi) is 4.75. The maximum absolute atomic E-state index is 12.0. The van der Waals surface area contributed by atoms with Crippen LogP contribution in [0.5, 0.6) is 0 Å². The Morgan fingerprint density at radius 3 is 2.32 bits per heavy atom. The van der Waals surface area contributed by atoms with Gasteiger partial charge in [0, 0.05) is 13.6 Å². The summed E-state index contributed by atoms with van der Waals surface area (Å²) in [6.07, 6.45) is 0.866. The molecule has 0 aromatic heterocycles. The summed E-state index contributed by atoms with van der Waals surface area (Å²) in [7, 11) is 1.81. The SMILES string of the molecule is Cc1ccc(CCN(C)C(=O)C(C)(C)N)c(C)c1C. The summed E-state index contributed by atoms with van der Waals surface area (Å²) in [6.45, 7) is 10.6. The van der Waals surface area contributed by atoms with Crippen LogP contribution in [0.25, 0.3) is 0 Å². The summed E-state index contributed by atoms with van der Waals surface area (Å²) in [5, 5.41) is 0. The number of hydrogen-bond donors (Lipinski definition) is 1. The Bertz CT molecular complexity index is 472. The van der Waals surface area contributed by atoms with E-state index in [1.807, 2.05) is 7.05 Å². The summed E-state index contributed by atoms with van der Waals surface area (Å²) in [4.78, 5) is 13.7. The van der Waals surface area contributed by atoms with Crippen LogP contribution in [0.4, 0.5) is 0 Å². The highest BCUT2D eigenvalue weighted by atomic mass is 16.2. The molecule has 3 nitrogen and oxygen atoms in total. The number of carbonyl (C=O) groups excluding carboxylic acids is 1. The molecule has 0 unspecified atom stereocenters. The van der Waals surface area contributed by atoms with E-state index in [1.165, 1.54) is 22.3 Å². The number of amides is 1. The second-order valence-corrected chi connectivity index (χ2v) is 5.99. The summed E-state index contributed by atoms with van der Waals surface area (Å²) < 4.78 is 0. The first-order chi connectivity index (χ1) is 8.64. The van der Waals surface area contributed by atoms with Gasteiger partial charge in [0.05, 0.1) is 5.54 Å². The fourth-order valence-electron chi connectivity index (χ4n) is 2.16. The second kappa shape index (κ2) is 5.74. The van der Waals surface area contributed by atoms with Crippen LogP contribution in [0.15, 0.2) is 12.1 Å². The van der Waals surface area contributed by atoms with Gasteiger partial charge < -0.3 is 10.6 Å². The molecule has 0 aliphatic heterocycles. The molecule has 0 fully saturated rings. The van der Waals surface area contributed by atoms with Gasteiger partial charge in [0.2, 0.25) is 5.91 Å². The lowest BCUT2D eigenvalue weighted by Crippen LogP contribution is -2.50. The number of benzene rings is 1. The van der Waals surface area contributed by atoms with Gasteiger partial charge in [0.15, 0.2) is 0 Å². The summed E-state index contributed by atoms with van der Waals surface area (Å²) in [5.41, 5.74) is 10.3. The van der Waals surface area contributed by atoms with Crippen LogP contribution in [0.2, 0.25) is 0 Å². The monoisotopic (exact) mass is 262 g/mol. The molecule has 0 saturated carbocycles. The molecule has 0 bridgehead atoms. The molecule has 0 atom stereocenters. The van der Waals surface area contributed by atoms with Crippen molar-refractivity contribution >= 4 is 5.91 Å². The van der Waals surface area contributed by atoms with Crippen molar-refractivity contribution in [3.05, 3.63) is 34.4 Å². The lowest BCUT2D eigenvalue weighted by Gasteiger charge is -2.26. The van der Waals surface area contributed by atoms with Gasteiger partial charge >= 0.3 is 0 Å². The highest BCUT2D eigenvalue weighted by Gasteiger charge is 2.25. The van der Waals surface area contributed by atoms with Crippen LogP contribution in [0.3, 0.4) is 0 Å². The smallest absolute Gasteiger partial charge is 0.241 e. The van der Waals surface area contributed by atoms with Crippen LogP contribution in [0.1, 0.15) is 36.1 Å². The minimum absolute atomic E-state index is 0.0195. The fourth-order valence-corrected chi connectivity index (χ4v) is 2.16. The van der Waals surface area contributed by atoms with E-state index >= 15 is 0 Å². The predicted octanol–water partition coefficient (Wildman–Crippen LogP) is 2.35. The summed E-state index contributed by atoms with van der Waals surface area (Å²) in [6, 6.07) is 4.30. The van der Waals surface area contributed by atoms with Crippen LogP contribution >= 0.6 is 0 Å². The molecule has 0 aliphatic carbocycles. The zero-order valence-electron chi connectivity index (χ0n) is 13.0. The van der Waals surface area contributed by atoms with Gasteiger partial charge in [-0.1, -0.05) is 12.1 Å². The van der Waals surface area contributed by atoms with Gasteiger partial charge in [-0.15, -0.1) is 0 Å². The normalized spacial score (nSPS) is 11.5. The number of nitrogens with two attached hydrogens (primary N) is 1. The van der Waals surface area contributed by atoms with Gasteiger partial charge in [-0.05, 0) is 63.3 Å². The molecule has 1 rings (SSSR count). The number of aryl methyl sites for hydroxylation is 1. The molecule has 0 heterocycles. The van der Waals surface area contributed by atoms with E-state index in [1.54, 1.807) is 18.7 Å². The van der Waals surface area contributed by atoms with E-state index < -0.39 is 5.54 Å². The Labute approximate surface area is 116 Å². The first-order valence-corrected chi connectivity index (χ1v) is 6.74. The van der Waals surface area contributed by atoms with Crippen molar-refractivity contribution in [2.45, 2.75) is 46.6 Å². The molecule has 0 spiro atoms. The molecule has 3 heteroatoms. The summed E-state index contributed by atoms with van der Waals surface area (Å²) in [5.74, 6) is -0.0195. The molecule has 19 heavy (non-hydrogen) atoms. The maximum atomic E-state index is 12.0. The van der Waals surface area contributed by atoms with Crippen LogP contribution < -0.4 is 5.73 Å². The Morgan fingerprint density at radius 1 is 1.21 bits per heavy atom. The predicted molar refractivity (Wildman–Crippen MR) is 80.3 cm³/mol. The molecular weight excluding hydrogens is 236 g/mol. The van der Waals surface area contributed by atoms with Crippen LogP contribution in [-0.4, -0.2) is 29.9 Å². The fraction of sp³-hybridized carbons (Fsp3) is 0.562. The van der Waals surface area contributed by atoms with E-state index in [0.717, 1.165) is 6.42 Å². The van der Waals surface area contributed by atoms with Gasteiger partial charge in [-0.25, -0.2) is 0 Å². The molecule has 0 saturated heterocycles. The molecule has 0 radical (unpaired) electrons. The Hall–Kier alpha value is -1.35. The molecule has 106 valence electrons. The zero-order chi connectivity index (χ0) is 14.8. The van der Waals surface area contributed by atoms with Crippen LogP contribution in [-0.2, 0) is 11.2 Å². The topological polar surface area (TPSA) is 46.3 Å². The van der Waals surface area contributed by atoms with Crippen LogP contribution in [0, 0.1) is 20.8 Å². The molecule has 1 aromatic carbocycles. The zero-order valence-corrected chi connectivity index (χ0v) is 13.0. The quantitative estimate of drug-likeness (QED) is 0.905. The third kappa shape index (κ3) is 3.80. The minimum Gasteiger partial charge on any atom is -0.344 e. The molecule has 1 aromatic rings. The number of carbonyl (C=O) groups is 1. The molecule has 2 N–H and O–H groups in total. The van der Waals surface area contributed by atoms with E-state index in [0.29, 0.717) is 6.54 Å². The Balaban J connectivity index is 2.73. The maximum Gasteiger partial charge on any atom is 0.241 e. The van der Waals surface area contributed by atoms with Gasteiger partial charge in [0.25, 0.3) is 0 Å². The lowest BCUT2D eigenvalue weighted by molar-refractivity contribution is -0.134. The Morgan fingerprint density at radius 2 is 1.79 bits per heavy atom. The van der Waals surface area contributed by atoms with Gasteiger partial charge in [-0.2, -0.15) is 0 Å². The first-order valence-electron chi connectivity index (χ1n) is 6.74. The average molecular weight is 262 g/mol. The number of likely N-dealkylation sites (N-methyl/N-ethyl adjacent to an activating group) is 1.